The highest BCUT2D eigenvalue weighted by atomic mass is 19.4. The summed E-state index contributed by atoms with van der Waals surface area (Å²) in [5, 5.41) is 16.0. The number of rotatable bonds is 7. The number of halogens is 3. The number of nitro groups is 1. The highest BCUT2D eigenvalue weighted by Gasteiger charge is 2.33. The number of benzene rings is 1. The van der Waals surface area contributed by atoms with Crippen LogP contribution in [-0.2, 0) is 20.5 Å². The lowest BCUT2D eigenvalue weighted by Crippen LogP contribution is -2.41. The van der Waals surface area contributed by atoms with Crippen LogP contribution in [0.3, 0.4) is 0 Å². The van der Waals surface area contributed by atoms with Crippen LogP contribution in [0.5, 0.6) is 0 Å². The Labute approximate surface area is 153 Å². The number of hydrogen-bond acceptors (Lipinski definition) is 6. The molecule has 0 aromatic heterocycles. The second-order valence-electron chi connectivity index (χ2n) is 6.10. The van der Waals surface area contributed by atoms with Gasteiger partial charge in [-0.3, -0.25) is 14.9 Å². The van der Waals surface area contributed by atoms with Crippen LogP contribution in [0.2, 0.25) is 0 Å². The number of nitrogens with zero attached hydrogens (tertiary/aromatic N) is 1. The van der Waals surface area contributed by atoms with E-state index in [0.717, 1.165) is 6.07 Å². The summed E-state index contributed by atoms with van der Waals surface area (Å²) in [5.41, 5.74) is -2.30. The summed E-state index contributed by atoms with van der Waals surface area (Å²) in [6.45, 7) is 6.10. The Morgan fingerprint density at radius 1 is 1.19 bits per heavy atom. The van der Waals surface area contributed by atoms with Gasteiger partial charge in [-0.15, -0.1) is 0 Å². The van der Waals surface area contributed by atoms with Gasteiger partial charge in [-0.05, 0) is 39.8 Å². The maximum absolute atomic E-state index is 12.7. The van der Waals surface area contributed by atoms with Crippen LogP contribution in [0.1, 0.15) is 33.3 Å². The standard InChI is InChI=1S/C16H20F3N3O5/c1-8(2)20-14(23)10(4)27-15(24)9(3)21-12-6-5-11(16(17,18)19)7-13(12)22(25)26/h5-10,21H,1-4H3,(H,20,23)/t9-,10-/m0/s1. The Hall–Kier alpha value is -2.85. The van der Waals surface area contributed by atoms with Crippen molar-refractivity contribution in [3.8, 4) is 0 Å². The van der Waals surface area contributed by atoms with E-state index >= 15 is 0 Å². The first-order valence-corrected chi connectivity index (χ1v) is 7.96. The Morgan fingerprint density at radius 3 is 2.26 bits per heavy atom. The second-order valence-corrected chi connectivity index (χ2v) is 6.10. The Bertz CT molecular complexity index is 722. The molecule has 0 fully saturated rings. The van der Waals surface area contributed by atoms with Crippen LogP contribution in [0.25, 0.3) is 0 Å². The number of nitrogens with one attached hydrogen (secondary N) is 2. The fourth-order valence-corrected chi connectivity index (χ4v) is 2.00. The van der Waals surface area contributed by atoms with Crippen molar-refractivity contribution in [1.29, 1.82) is 0 Å². The molecule has 0 aliphatic heterocycles. The molecule has 2 atom stereocenters. The first kappa shape index (κ1) is 22.2. The molecule has 1 rings (SSSR count). The summed E-state index contributed by atoms with van der Waals surface area (Å²) in [5.74, 6) is -1.42. The predicted octanol–water partition coefficient (Wildman–Crippen LogP) is 2.87. The molecule has 0 radical (unpaired) electrons. The van der Waals surface area contributed by atoms with E-state index in [1.54, 1.807) is 13.8 Å². The Balaban J connectivity index is 2.89. The molecule has 8 nitrogen and oxygen atoms in total. The summed E-state index contributed by atoms with van der Waals surface area (Å²) < 4.78 is 43.1. The summed E-state index contributed by atoms with van der Waals surface area (Å²) >= 11 is 0. The Kier molecular flexibility index (Phi) is 7.14. The molecular formula is C16H20F3N3O5. The van der Waals surface area contributed by atoms with Crippen molar-refractivity contribution in [3.63, 3.8) is 0 Å². The minimum Gasteiger partial charge on any atom is -0.451 e. The minimum atomic E-state index is -4.74. The van der Waals surface area contributed by atoms with Crippen molar-refractivity contribution in [2.75, 3.05) is 5.32 Å². The number of ether oxygens (including phenoxy) is 1. The topological polar surface area (TPSA) is 111 Å². The van der Waals surface area contributed by atoms with Crippen LogP contribution in [0.4, 0.5) is 24.5 Å². The minimum absolute atomic E-state index is 0.163. The van der Waals surface area contributed by atoms with Gasteiger partial charge in [-0.25, -0.2) is 4.79 Å². The van der Waals surface area contributed by atoms with Crippen molar-refractivity contribution in [3.05, 3.63) is 33.9 Å². The summed E-state index contributed by atoms with van der Waals surface area (Å²) in [6, 6.07) is 0.587. The van der Waals surface area contributed by atoms with E-state index < -0.39 is 46.4 Å². The van der Waals surface area contributed by atoms with E-state index in [2.05, 4.69) is 10.6 Å². The molecule has 0 saturated heterocycles. The quantitative estimate of drug-likeness (QED) is 0.420. The SMILES string of the molecule is CC(C)NC(=O)[C@H](C)OC(=O)[C@H](C)Nc1ccc(C(F)(F)F)cc1[N+](=O)[O-]. The largest absolute Gasteiger partial charge is 0.451 e. The molecule has 0 bridgehead atoms. The van der Waals surface area contributed by atoms with Crippen molar-refractivity contribution in [2.24, 2.45) is 0 Å². The first-order chi connectivity index (χ1) is 12.3. The third kappa shape index (κ3) is 6.42. The smallest absolute Gasteiger partial charge is 0.416 e. The average molecular weight is 391 g/mol. The first-order valence-electron chi connectivity index (χ1n) is 7.96. The molecule has 0 aliphatic rings. The van der Waals surface area contributed by atoms with E-state index in [9.17, 15) is 32.9 Å². The number of esters is 1. The number of nitro benzene ring substituents is 1. The van der Waals surface area contributed by atoms with Crippen molar-refractivity contribution >= 4 is 23.3 Å². The van der Waals surface area contributed by atoms with E-state index in [-0.39, 0.29) is 11.7 Å². The molecule has 150 valence electrons. The molecule has 0 spiro atoms. The zero-order valence-corrected chi connectivity index (χ0v) is 15.1. The molecule has 0 unspecified atom stereocenters. The maximum atomic E-state index is 12.7. The van der Waals surface area contributed by atoms with Gasteiger partial charge in [-0.2, -0.15) is 13.2 Å². The van der Waals surface area contributed by atoms with Gasteiger partial charge in [0.25, 0.3) is 11.6 Å². The molecule has 0 saturated carbocycles. The van der Waals surface area contributed by atoms with E-state index in [0.29, 0.717) is 12.1 Å². The van der Waals surface area contributed by atoms with Gasteiger partial charge in [-0.1, -0.05) is 0 Å². The molecule has 1 amide bonds. The third-order valence-corrected chi connectivity index (χ3v) is 3.34. The second kappa shape index (κ2) is 8.69. The van der Waals surface area contributed by atoms with E-state index in [1.165, 1.54) is 13.8 Å². The summed E-state index contributed by atoms with van der Waals surface area (Å²) in [4.78, 5) is 33.8. The molecule has 0 aliphatic carbocycles. The fourth-order valence-electron chi connectivity index (χ4n) is 2.00. The molecule has 1 aromatic rings. The third-order valence-electron chi connectivity index (χ3n) is 3.34. The highest BCUT2D eigenvalue weighted by molar-refractivity contribution is 5.86. The van der Waals surface area contributed by atoms with Gasteiger partial charge >= 0.3 is 12.1 Å². The van der Waals surface area contributed by atoms with Gasteiger partial charge in [0.05, 0.1) is 10.5 Å². The van der Waals surface area contributed by atoms with E-state index in [1.807, 2.05) is 0 Å². The van der Waals surface area contributed by atoms with Crippen molar-refractivity contribution in [1.82, 2.24) is 5.32 Å². The predicted molar refractivity (Wildman–Crippen MR) is 90.0 cm³/mol. The highest BCUT2D eigenvalue weighted by Crippen LogP contribution is 2.35. The van der Waals surface area contributed by atoms with Crippen LogP contribution >= 0.6 is 0 Å². The van der Waals surface area contributed by atoms with Crippen LogP contribution < -0.4 is 10.6 Å². The molecule has 27 heavy (non-hydrogen) atoms. The molecule has 11 heteroatoms. The van der Waals surface area contributed by atoms with E-state index in [4.69, 9.17) is 4.74 Å². The van der Waals surface area contributed by atoms with Crippen LogP contribution in [-0.4, -0.2) is 35.0 Å². The molecule has 0 heterocycles. The summed E-state index contributed by atoms with van der Waals surface area (Å²) in [7, 11) is 0. The maximum Gasteiger partial charge on any atom is 0.416 e. The fraction of sp³-hybridized carbons (Fsp3) is 0.500. The van der Waals surface area contributed by atoms with Crippen molar-refractivity contribution in [2.45, 2.75) is 52.1 Å². The normalized spacial score (nSPS) is 13.6. The number of anilines is 1. The van der Waals surface area contributed by atoms with Gasteiger partial charge in [0.1, 0.15) is 11.7 Å². The average Bonchev–Trinajstić information content (AvgIpc) is 2.52. The van der Waals surface area contributed by atoms with Gasteiger partial charge in [0.2, 0.25) is 0 Å². The lowest BCUT2D eigenvalue weighted by atomic mass is 10.1. The van der Waals surface area contributed by atoms with Crippen LogP contribution in [0, 0.1) is 10.1 Å². The lowest BCUT2D eigenvalue weighted by molar-refractivity contribution is -0.384. The number of carbonyl (C=O) groups excluding carboxylic acids is 2. The number of hydrogen-bond donors (Lipinski definition) is 2. The molecule has 1 aromatic carbocycles. The number of carbonyl (C=O) groups is 2. The van der Waals surface area contributed by atoms with Gasteiger partial charge in [0.15, 0.2) is 6.10 Å². The van der Waals surface area contributed by atoms with Gasteiger partial charge in [0, 0.05) is 12.1 Å². The number of amides is 1. The monoisotopic (exact) mass is 391 g/mol. The number of alkyl halides is 3. The van der Waals surface area contributed by atoms with Crippen molar-refractivity contribution < 1.29 is 32.4 Å². The molecular weight excluding hydrogens is 371 g/mol. The zero-order chi connectivity index (χ0) is 20.9. The Morgan fingerprint density at radius 2 is 1.78 bits per heavy atom. The van der Waals surface area contributed by atoms with Crippen LogP contribution in [0.15, 0.2) is 18.2 Å². The summed E-state index contributed by atoms with van der Waals surface area (Å²) in [6.07, 6.45) is -5.85. The van der Waals surface area contributed by atoms with Gasteiger partial charge < -0.3 is 15.4 Å². The zero-order valence-electron chi connectivity index (χ0n) is 15.1. The lowest BCUT2D eigenvalue weighted by Gasteiger charge is -2.19. The molecule has 2 N–H and O–H groups in total.